The molecule has 0 amide bonds. The van der Waals surface area contributed by atoms with Gasteiger partial charge in [-0.25, -0.2) is 4.57 Å². The SMILES string of the molecule is Cc1ccccc1C(=O)c1ccc(Nc2ccccc2-n2c(O)ccc2O)cc1Cl. The molecule has 30 heavy (non-hydrogen) atoms. The number of hydrogen-bond acceptors (Lipinski definition) is 4. The molecule has 0 saturated carbocycles. The summed E-state index contributed by atoms with van der Waals surface area (Å²) in [6.45, 7) is 1.89. The van der Waals surface area contributed by atoms with Crippen LogP contribution in [0.1, 0.15) is 21.5 Å². The van der Waals surface area contributed by atoms with Gasteiger partial charge < -0.3 is 15.5 Å². The molecule has 0 bridgehead atoms. The van der Waals surface area contributed by atoms with Crippen LogP contribution in [0.2, 0.25) is 5.02 Å². The number of halogens is 1. The number of aromatic hydroxyl groups is 2. The number of aromatic nitrogens is 1. The monoisotopic (exact) mass is 418 g/mol. The third-order valence-electron chi connectivity index (χ3n) is 4.87. The van der Waals surface area contributed by atoms with E-state index in [0.717, 1.165) is 5.56 Å². The van der Waals surface area contributed by atoms with Crippen molar-refractivity contribution in [2.75, 3.05) is 5.32 Å². The zero-order valence-electron chi connectivity index (χ0n) is 16.1. The summed E-state index contributed by atoms with van der Waals surface area (Å²) in [4.78, 5) is 12.9. The molecule has 6 heteroatoms. The Balaban J connectivity index is 1.66. The molecule has 4 rings (SSSR count). The van der Waals surface area contributed by atoms with Crippen LogP contribution in [0.3, 0.4) is 0 Å². The third kappa shape index (κ3) is 3.63. The van der Waals surface area contributed by atoms with Crippen molar-refractivity contribution in [1.82, 2.24) is 4.57 Å². The van der Waals surface area contributed by atoms with E-state index in [1.807, 2.05) is 37.3 Å². The maximum atomic E-state index is 12.9. The second-order valence-corrected chi connectivity index (χ2v) is 7.27. The van der Waals surface area contributed by atoms with Crippen LogP contribution in [0.25, 0.3) is 5.69 Å². The summed E-state index contributed by atoms with van der Waals surface area (Å²) in [6, 6.07) is 22.6. The fraction of sp³-hybridized carbons (Fsp3) is 0.0417. The highest BCUT2D eigenvalue weighted by molar-refractivity contribution is 6.35. The van der Waals surface area contributed by atoms with Crippen LogP contribution < -0.4 is 5.32 Å². The van der Waals surface area contributed by atoms with Gasteiger partial charge in [0.1, 0.15) is 0 Å². The first-order chi connectivity index (χ1) is 14.5. The third-order valence-corrected chi connectivity index (χ3v) is 5.18. The number of carbonyl (C=O) groups is 1. The molecule has 0 fully saturated rings. The van der Waals surface area contributed by atoms with Gasteiger partial charge >= 0.3 is 0 Å². The molecule has 3 N–H and O–H groups in total. The van der Waals surface area contributed by atoms with Crippen molar-refractivity contribution in [3.63, 3.8) is 0 Å². The van der Waals surface area contributed by atoms with Crippen molar-refractivity contribution in [3.8, 4) is 17.4 Å². The van der Waals surface area contributed by atoms with Crippen LogP contribution in [0, 0.1) is 6.92 Å². The number of hydrogen-bond donors (Lipinski definition) is 3. The normalized spacial score (nSPS) is 10.7. The largest absolute Gasteiger partial charge is 0.494 e. The molecule has 0 atom stereocenters. The van der Waals surface area contributed by atoms with Gasteiger partial charge in [-0.3, -0.25) is 4.79 Å². The summed E-state index contributed by atoms with van der Waals surface area (Å²) in [5.74, 6) is -0.301. The Morgan fingerprint density at radius 1 is 0.867 bits per heavy atom. The van der Waals surface area contributed by atoms with E-state index in [1.54, 1.807) is 36.4 Å². The Morgan fingerprint density at radius 2 is 1.53 bits per heavy atom. The number of benzene rings is 3. The Bertz CT molecular complexity index is 1230. The molecular formula is C24H19ClN2O3. The molecule has 1 aromatic heterocycles. The predicted octanol–water partition coefficient (Wildman–Crippen LogP) is 5.82. The minimum atomic E-state index is -0.132. The van der Waals surface area contributed by atoms with Crippen LogP contribution in [-0.2, 0) is 0 Å². The molecule has 0 aliphatic heterocycles. The minimum absolute atomic E-state index is 0.0843. The van der Waals surface area contributed by atoms with Gasteiger partial charge in [-0.15, -0.1) is 0 Å². The zero-order valence-corrected chi connectivity index (χ0v) is 16.9. The fourth-order valence-corrected chi connectivity index (χ4v) is 3.61. The summed E-state index contributed by atoms with van der Waals surface area (Å²) in [5, 5.41) is 23.7. The summed E-state index contributed by atoms with van der Waals surface area (Å²) in [5.41, 5.74) is 3.80. The molecule has 0 saturated heterocycles. The molecule has 0 aliphatic rings. The topological polar surface area (TPSA) is 74.5 Å². The molecule has 0 spiro atoms. The van der Waals surface area contributed by atoms with E-state index in [4.69, 9.17) is 11.6 Å². The van der Waals surface area contributed by atoms with Crippen molar-refractivity contribution in [2.45, 2.75) is 6.92 Å². The average molecular weight is 419 g/mol. The van der Waals surface area contributed by atoms with Gasteiger partial charge in [-0.1, -0.05) is 48.0 Å². The van der Waals surface area contributed by atoms with E-state index in [0.29, 0.717) is 33.2 Å². The van der Waals surface area contributed by atoms with E-state index in [9.17, 15) is 15.0 Å². The first-order valence-electron chi connectivity index (χ1n) is 9.31. The quantitative estimate of drug-likeness (QED) is 0.357. The zero-order chi connectivity index (χ0) is 21.3. The van der Waals surface area contributed by atoms with Crippen LogP contribution in [0.5, 0.6) is 11.8 Å². The molecular weight excluding hydrogens is 400 g/mol. The lowest BCUT2D eigenvalue weighted by atomic mass is 9.99. The van der Waals surface area contributed by atoms with Crippen molar-refractivity contribution >= 4 is 28.8 Å². The molecule has 1 heterocycles. The molecule has 0 radical (unpaired) electrons. The molecule has 150 valence electrons. The number of nitrogens with zero attached hydrogens (tertiary/aromatic N) is 1. The summed E-state index contributed by atoms with van der Waals surface area (Å²) in [7, 11) is 0. The number of nitrogens with one attached hydrogen (secondary N) is 1. The Kier molecular flexibility index (Phi) is 5.21. The van der Waals surface area contributed by atoms with Crippen LogP contribution >= 0.6 is 11.6 Å². The number of carbonyl (C=O) groups excluding carboxylic acids is 1. The number of ketones is 1. The summed E-state index contributed by atoms with van der Waals surface area (Å²) in [6.07, 6.45) is 0. The van der Waals surface area contributed by atoms with Crippen molar-refractivity contribution in [1.29, 1.82) is 0 Å². The van der Waals surface area contributed by atoms with Crippen LogP contribution in [0.4, 0.5) is 11.4 Å². The lowest BCUT2D eigenvalue weighted by molar-refractivity contribution is 0.103. The van der Waals surface area contributed by atoms with Crippen molar-refractivity contribution < 1.29 is 15.0 Å². The Morgan fingerprint density at radius 3 is 2.23 bits per heavy atom. The minimum Gasteiger partial charge on any atom is -0.494 e. The van der Waals surface area contributed by atoms with Gasteiger partial charge in [-0.2, -0.15) is 0 Å². The first kappa shape index (κ1) is 19.6. The molecule has 3 aromatic carbocycles. The number of anilines is 2. The second-order valence-electron chi connectivity index (χ2n) is 6.87. The van der Waals surface area contributed by atoms with E-state index < -0.39 is 0 Å². The van der Waals surface area contributed by atoms with Crippen molar-refractivity contribution in [2.24, 2.45) is 0 Å². The molecule has 5 nitrogen and oxygen atoms in total. The Hall–Kier alpha value is -3.70. The van der Waals surface area contributed by atoms with E-state index in [2.05, 4.69) is 5.32 Å². The van der Waals surface area contributed by atoms with E-state index in [-0.39, 0.29) is 17.5 Å². The summed E-state index contributed by atoms with van der Waals surface area (Å²) < 4.78 is 1.32. The number of aryl methyl sites for hydroxylation is 1. The van der Waals surface area contributed by atoms with E-state index in [1.165, 1.54) is 16.7 Å². The standard InChI is InChI=1S/C24H19ClN2O3/c1-15-6-2-3-7-17(15)24(30)18-11-10-16(14-19(18)25)26-20-8-4-5-9-21(20)27-22(28)12-13-23(27)29/h2-14,26,28-29H,1H3. The molecule has 4 aromatic rings. The first-order valence-corrected chi connectivity index (χ1v) is 9.69. The average Bonchev–Trinajstić information content (AvgIpc) is 3.06. The molecule has 0 unspecified atom stereocenters. The highest BCUT2D eigenvalue weighted by atomic mass is 35.5. The predicted molar refractivity (Wildman–Crippen MR) is 118 cm³/mol. The lowest BCUT2D eigenvalue weighted by Gasteiger charge is -2.15. The van der Waals surface area contributed by atoms with Crippen LogP contribution in [-0.4, -0.2) is 20.6 Å². The van der Waals surface area contributed by atoms with Gasteiger partial charge in [0.25, 0.3) is 0 Å². The Labute approximate surface area is 178 Å². The van der Waals surface area contributed by atoms with Crippen LogP contribution in [0.15, 0.2) is 78.9 Å². The summed E-state index contributed by atoms with van der Waals surface area (Å²) >= 11 is 6.44. The molecule has 0 aliphatic carbocycles. The number of rotatable bonds is 5. The van der Waals surface area contributed by atoms with E-state index >= 15 is 0 Å². The smallest absolute Gasteiger partial charge is 0.198 e. The van der Waals surface area contributed by atoms with Gasteiger partial charge in [-0.05, 0) is 42.8 Å². The van der Waals surface area contributed by atoms with Crippen molar-refractivity contribution in [3.05, 3.63) is 101 Å². The van der Waals surface area contributed by atoms with Gasteiger partial charge in [0.2, 0.25) is 0 Å². The highest BCUT2D eigenvalue weighted by Gasteiger charge is 2.16. The maximum Gasteiger partial charge on any atom is 0.198 e. The lowest BCUT2D eigenvalue weighted by Crippen LogP contribution is -2.05. The maximum absolute atomic E-state index is 12.9. The van der Waals surface area contributed by atoms with Gasteiger partial charge in [0, 0.05) is 28.9 Å². The second kappa shape index (κ2) is 7.97. The number of para-hydroxylation sites is 2. The van der Waals surface area contributed by atoms with Gasteiger partial charge in [0.05, 0.1) is 16.4 Å². The van der Waals surface area contributed by atoms with Gasteiger partial charge in [0.15, 0.2) is 17.5 Å². The fourth-order valence-electron chi connectivity index (χ4n) is 3.34. The highest BCUT2D eigenvalue weighted by Crippen LogP contribution is 2.33.